The number of rotatable bonds is 8. The fourth-order valence-electron chi connectivity index (χ4n) is 4.29. The molecule has 0 unspecified atom stereocenters. The normalized spacial score (nSPS) is 16.6. The Bertz CT molecular complexity index is 972. The van der Waals surface area contributed by atoms with E-state index < -0.39 is 11.7 Å². The van der Waals surface area contributed by atoms with Crippen molar-refractivity contribution >= 4 is 23.2 Å². The Balaban J connectivity index is 1.43. The van der Waals surface area contributed by atoms with Gasteiger partial charge in [0.15, 0.2) is 0 Å². The molecular formula is C25H31FN4O3. The minimum absolute atomic E-state index is 0.152. The van der Waals surface area contributed by atoms with Crippen molar-refractivity contribution in [1.82, 2.24) is 10.2 Å². The maximum Gasteiger partial charge on any atom is 0.255 e. The average Bonchev–Trinajstić information content (AvgIpc) is 3.37. The van der Waals surface area contributed by atoms with E-state index in [-0.39, 0.29) is 11.5 Å². The summed E-state index contributed by atoms with van der Waals surface area (Å²) >= 11 is 0. The van der Waals surface area contributed by atoms with Crippen LogP contribution in [-0.2, 0) is 4.74 Å². The summed E-state index contributed by atoms with van der Waals surface area (Å²) < 4.78 is 18.9. The molecule has 176 valence electrons. The van der Waals surface area contributed by atoms with Gasteiger partial charge in [-0.3, -0.25) is 14.5 Å². The Labute approximate surface area is 193 Å². The second-order valence-corrected chi connectivity index (χ2v) is 8.45. The van der Waals surface area contributed by atoms with Crippen LogP contribution in [0.4, 0.5) is 15.8 Å². The monoisotopic (exact) mass is 454 g/mol. The van der Waals surface area contributed by atoms with Crippen LogP contribution in [0, 0.1) is 5.82 Å². The van der Waals surface area contributed by atoms with Crippen LogP contribution < -0.4 is 15.5 Å². The third kappa shape index (κ3) is 6.30. The summed E-state index contributed by atoms with van der Waals surface area (Å²) in [5, 5.41) is 5.82. The number of carbonyl (C=O) groups is 2. The number of hydrogen-bond donors (Lipinski definition) is 2. The second-order valence-electron chi connectivity index (χ2n) is 8.45. The lowest BCUT2D eigenvalue weighted by atomic mass is 10.1. The van der Waals surface area contributed by atoms with Crippen LogP contribution in [-0.4, -0.2) is 69.2 Å². The van der Waals surface area contributed by atoms with Gasteiger partial charge in [-0.25, -0.2) is 4.39 Å². The molecular weight excluding hydrogens is 423 g/mol. The summed E-state index contributed by atoms with van der Waals surface area (Å²) in [4.78, 5) is 30.2. The van der Waals surface area contributed by atoms with Gasteiger partial charge in [0.2, 0.25) is 0 Å². The number of carbonyl (C=O) groups excluding carboxylic acids is 2. The van der Waals surface area contributed by atoms with Gasteiger partial charge in [-0.1, -0.05) is 6.07 Å². The van der Waals surface area contributed by atoms with Gasteiger partial charge in [0, 0.05) is 49.7 Å². The van der Waals surface area contributed by atoms with Crippen LogP contribution in [0.2, 0.25) is 0 Å². The highest BCUT2D eigenvalue weighted by Gasteiger charge is 2.21. The summed E-state index contributed by atoms with van der Waals surface area (Å²) in [5.41, 5.74) is 2.15. The van der Waals surface area contributed by atoms with Crippen molar-refractivity contribution in [2.45, 2.75) is 19.3 Å². The zero-order valence-electron chi connectivity index (χ0n) is 18.8. The highest BCUT2D eigenvalue weighted by molar-refractivity contribution is 6.06. The topological polar surface area (TPSA) is 73.9 Å². The molecule has 0 aromatic heterocycles. The quantitative estimate of drug-likeness (QED) is 0.600. The van der Waals surface area contributed by atoms with E-state index in [1.807, 2.05) is 6.07 Å². The number of ether oxygens (including phenoxy) is 1. The maximum atomic E-state index is 13.5. The molecule has 2 heterocycles. The van der Waals surface area contributed by atoms with E-state index in [0.717, 1.165) is 70.9 Å². The second kappa shape index (κ2) is 11.2. The smallest absolute Gasteiger partial charge is 0.255 e. The highest BCUT2D eigenvalue weighted by Crippen LogP contribution is 2.28. The molecule has 2 N–H and O–H groups in total. The van der Waals surface area contributed by atoms with Crippen molar-refractivity contribution in [3.63, 3.8) is 0 Å². The maximum absolute atomic E-state index is 13.5. The largest absolute Gasteiger partial charge is 0.379 e. The lowest BCUT2D eigenvalue weighted by Gasteiger charge is -2.26. The third-order valence-electron chi connectivity index (χ3n) is 6.07. The van der Waals surface area contributed by atoms with Gasteiger partial charge in [-0.05, 0) is 62.2 Å². The number of morpholine rings is 1. The molecule has 33 heavy (non-hydrogen) atoms. The minimum Gasteiger partial charge on any atom is -0.379 e. The molecule has 2 fully saturated rings. The average molecular weight is 455 g/mol. The van der Waals surface area contributed by atoms with Gasteiger partial charge >= 0.3 is 0 Å². The van der Waals surface area contributed by atoms with Gasteiger partial charge < -0.3 is 20.3 Å². The van der Waals surface area contributed by atoms with Crippen molar-refractivity contribution < 1.29 is 18.7 Å². The number of hydrogen-bond acceptors (Lipinski definition) is 5. The predicted molar refractivity (Wildman–Crippen MR) is 126 cm³/mol. The number of amides is 2. The van der Waals surface area contributed by atoms with Crippen LogP contribution in [0.15, 0.2) is 42.5 Å². The lowest BCUT2D eigenvalue weighted by Crippen LogP contribution is -2.38. The third-order valence-corrected chi connectivity index (χ3v) is 6.07. The van der Waals surface area contributed by atoms with Crippen LogP contribution in [0.25, 0.3) is 0 Å². The first-order valence-electron chi connectivity index (χ1n) is 11.6. The van der Waals surface area contributed by atoms with Crippen molar-refractivity contribution in [2.24, 2.45) is 0 Å². The minimum atomic E-state index is -0.468. The highest BCUT2D eigenvalue weighted by atomic mass is 19.1. The van der Waals surface area contributed by atoms with Crippen LogP contribution in [0.1, 0.15) is 40.0 Å². The van der Waals surface area contributed by atoms with E-state index in [0.29, 0.717) is 17.8 Å². The zero-order chi connectivity index (χ0) is 23.0. The molecule has 2 amide bonds. The van der Waals surface area contributed by atoms with Crippen molar-refractivity contribution in [3.05, 3.63) is 59.4 Å². The molecule has 0 saturated carbocycles. The Morgan fingerprint density at radius 2 is 1.76 bits per heavy atom. The molecule has 2 aromatic carbocycles. The van der Waals surface area contributed by atoms with E-state index in [1.165, 1.54) is 18.2 Å². The molecule has 0 spiro atoms. The fraction of sp³-hybridized carbons (Fsp3) is 0.440. The van der Waals surface area contributed by atoms with Crippen molar-refractivity contribution in [2.75, 3.05) is 62.7 Å². The van der Waals surface area contributed by atoms with Gasteiger partial charge in [0.05, 0.1) is 18.8 Å². The van der Waals surface area contributed by atoms with Crippen molar-refractivity contribution in [1.29, 1.82) is 0 Å². The molecule has 8 heteroatoms. The van der Waals surface area contributed by atoms with Gasteiger partial charge in [0.1, 0.15) is 5.82 Å². The number of anilines is 2. The molecule has 2 saturated heterocycles. The van der Waals surface area contributed by atoms with Crippen LogP contribution in [0.5, 0.6) is 0 Å². The summed E-state index contributed by atoms with van der Waals surface area (Å²) in [6.45, 7) is 6.71. The first kappa shape index (κ1) is 23.2. The number of nitrogens with one attached hydrogen (secondary N) is 2. The first-order valence-corrected chi connectivity index (χ1v) is 11.6. The molecule has 0 bridgehead atoms. The molecule has 4 rings (SSSR count). The summed E-state index contributed by atoms with van der Waals surface area (Å²) in [6.07, 6.45) is 3.05. The Kier molecular flexibility index (Phi) is 7.91. The van der Waals surface area contributed by atoms with Crippen molar-refractivity contribution in [3.8, 4) is 0 Å². The Morgan fingerprint density at radius 1 is 0.970 bits per heavy atom. The molecule has 2 aromatic rings. The molecule has 2 aliphatic heterocycles. The van der Waals surface area contributed by atoms with Crippen LogP contribution in [0.3, 0.4) is 0 Å². The number of nitrogens with zero attached hydrogens (tertiary/aromatic N) is 2. The molecule has 0 atom stereocenters. The molecule has 0 aliphatic carbocycles. The lowest BCUT2D eigenvalue weighted by molar-refractivity contribution is 0.0374. The van der Waals surface area contributed by atoms with E-state index in [2.05, 4.69) is 20.4 Å². The van der Waals surface area contributed by atoms with E-state index in [1.54, 1.807) is 18.2 Å². The number of benzene rings is 2. The summed E-state index contributed by atoms with van der Waals surface area (Å²) in [7, 11) is 0. The van der Waals surface area contributed by atoms with Gasteiger partial charge in [-0.2, -0.15) is 0 Å². The molecule has 2 aliphatic rings. The predicted octanol–water partition coefficient (Wildman–Crippen LogP) is 3.13. The summed E-state index contributed by atoms with van der Waals surface area (Å²) in [5.74, 6) is -1.04. The Morgan fingerprint density at radius 3 is 2.52 bits per heavy atom. The molecule has 7 nitrogen and oxygen atoms in total. The van der Waals surface area contributed by atoms with E-state index in [9.17, 15) is 14.0 Å². The SMILES string of the molecule is O=C(Nc1ccc(N2CCCC2)c(C(=O)NCCCN2CCOCC2)c1)c1cccc(F)c1. The Hall–Kier alpha value is -2.97. The van der Waals surface area contributed by atoms with Crippen LogP contribution >= 0.6 is 0 Å². The summed E-state index contributed by atoms with van der Waals surface area (Å²) in [6, 6.07) is 10.9. The zero-order valence-corrected chi connectivity index (χ0v) is 18.8. The van der Waals surface area contributed by atoms with Gasteiger partial charge in [-0.15, -0.1) is 0 Å². The number of halogens is 1. The first-order chi connectivity index (χ1) is 16.1. The molecule has 0 radical (unpaired) electrons. The fourth-order valence-corrected chi connectivity index (χ4v) is 4.29. The standard InChI is InChI=1S/C25H31FN4O3/c26-20-6-3-5-19(17-20)24(31)28-21-7-8-23(30-11-1-2-12-30)22(18-21)25(32)27-9-4-10-29-13-15-33-16-14-29/h3,5-8,17-18H,1-2,4,9-16H2,(H,27,32)(H,28,31). The van der Waals surface area contributed by atoms with E-state index >= 15 is 0 Å². The van der Waals surface area contributed by atoms with E-state index in [4.69, 9.17) is 4.74 Å². The van der Waals surface area contributed by atoms with Gasteiger partial charge in [0.25, 0.3) is 11.8 Å².